The van der Waals surface area contributed by atoms with E-state index in [0.29, 0.717) is 6.54 Å². The van der Waals surface area contributed by atoms with E-state index in [1.165, 1.54) is 14.2 Å². The normalized spacial score (nSPS) is 14.1. The number of aryl methyl sites for hydroxylation is 1. The molecule has 16 heavy (non-hydrogen) atoms. The number of halogens is 1. The topological polar surface area (TPSA) is 32.3 Å². The monoisotopic (exact) mass is 305 g/mol. The Labute approximate surface area is 110 Å². The van der Waals surface area contributed by atoms with Crippen LogP contribution in [0.5, 0.6) is 0 Å². The van der Waals surface area contributed by atoms with Crippen LogP contribution in [0.3, 0.4) is 0 Å². The van der Waals surface area contributed by atoms with Gasteiger partial charge in [0.25, 0.3) is 0 Å². The Kier molecular flexibility index (Phi) is 4.98. The molecule has 2 nitrogen and oxygen atoms in total. The van der Waals surface area contributed by atoms with Gasteiger partial charge in [0, 0.05) is 18.0 Å². The van der Waals surface area contributed by atoms with Gasteiger partial charge >= 0.3 is 0 Å². The van der Waals surface area contributed by atoms with E-state index < -0.39 is 0 Å². The Balaban J connectivity index is 2.36. The molecule has 0 aliphatic rings. The van der Waals surface area contributed by atoms with Gasteiger partial charge in [-0.15, -0.1) is 11.3 Å². The lowest BCUT2D eigenvalue weighted by Crippen LogP contribution is -2.36. The SMILES string of the molecule is Cc1cc(CNCC(O)C(C)(C)C)sc1Br. The van der Waals surface area contributed by atoms with E-state index in [4.69, 9.17) is 0 Å². The van der Waals surface area contributed by atoms with Crippen LogP contribution in [0.15, 0.2) is 9.85 Å². The van der Waals surface area contributed by atoms with Crippen molar-refractivity contribution >= 4 is 27.3 Å². The fourth-order valence-electron chi connectivity index (χ4n) is 1.25. The summed E-state index contributed by atoms with van der Waals surface area (Å²) < 4.78 is 1.20. The van der Waals surface area contributed by atoms with Crippen molar-refractivity contribution in [1.29, 1.82) is 0 Å². The molecule has 4 heteroatoms. The molecule has 1 aromatic rings. The molecule has 0 spiro atoms. The van der Waals surface area contributed by atoms with E-state index in [2.05, 4.69) is 34.2 Å². The average molecular weight is 306 g/mol. The van der Waals surface area contributed by atoms with Crippen LogP contribution in [0.2, 0.25) is 0 Å². The lowest BCUT2D eigenvalue weighted by Gasteiger charge is -2.25. The van der Waals surface area contributed by atoms with Gasteiger partial charge in [0.2, 0.25) is 0 Å². The standard InChI is InChI=1S/C12H20BrNOS/c1-8-5-9(16-11(8)13)6-14-7-10(15)12(2,3)4/h5,10,14-15H,6-7H2,1-4H3. The minimum atomic E-state index is -0.308. The fraction of sp³-hybridized carbons (Fsp3) is 0.667. The maximum absolute atomic E-state index is 9.86. The predicted octanol–water partition coefficient (Wildman–Crippen LogP) is 3.32. The molecule has 0 saturated heterocycles. The van der Waals surface area contributed by atoms with Crippen LogP contribution >= 0.6 is 27.3 Å². The highest BCUT2D eigenvalue weighted by Gasteiger charge is 2.21. The van der Waals surface area contributed by atoms with E-state index >= 15 is 0 Å². The third-order valence-electron chi connectivity index (χ3n) is 2.54. The largest absolute Gasteiger partial charge is 0.391 e. The van der Waals surface area contributed by atoms with Gasteiger partial charge in [0.1, 0.15) is 0 Å². The Morgan fingerprint density at radius 2 is 2.12 bits per heavy atom. The predicted molar refractivity (Wildman–Crippen MR) is 73.9 cm³/mol. The molecular weight excluding hydrogens is 286 g/mol. The van der Waals surface area contributed by atoms with Gasteiger partial charge < -0.3 is 10.4 Å². The zero-order chi connectivity index (χ0) is 12.3. The van der Waals surface area contributed by atoms with Crippen molar-refractivity contribution in [1.82, 2.24) is 5.32 Å². The summed E-state index contributed by atoms with van der Waals surface area (Å²) in [6.07, 6.45) is -0.308. The van der Waals surface area contributed by atoms with Crippen LogP contribution in [0.4, 0.5) is 0 Å². The zero-order valence-electron chi connectivity index (χ0n) is 10.3. The second-order valence-corrected chi connectivity index (χ2v) is 7.64. The third-order valence-corrected chi connectivity index (χ3v) is 4.68. The molecule has 0 aliphatic carbocycles. The molecule has 0 aliphatic heterocycles. The maximum Gasteiger partial charge on any atom is 0.0730 e. The van der Waals surface area contributed by atoms with Crippen LogP contribution in [0.1, 0.15) is 31.2 Å². The van der Waals surface area contributed by atoms with Crippen molar-refractivity contribution < 1.29 is 5.11 Å². The molecule has 1 atom stereocenters. The van der Waals surface area contributed by atoms with Gasteiger partial charge in [-0.3, -0.25) is 0 Å². The Morgan fingerprint density at radius 1 is 1.50 bits per heavy atom. The van der Waals surface area contributed by atoms with E-state index in [0.717, 1.165) is 6.54 Å². The molecule has 1 rings (SSSR count). The number of hydrogen-bond acceptors (Lipinski definition) is 3. The summed E-state index contributed by atoms with van der Waals surface area (Å²) >= 11 is 5.26. The van der Waals surface area contributed by atoms with Crippen LogP contribution in [0.25, 0.3) is 0 Å². The molecule has 0 saturated carbocycles. The van der Waals surface area contributed by atoms with Gasteiger partial charge in [-0.25, -0.2) is 0 Å². The highest BCUT2D eigenvalue weighted by Crippen LogP contribution is 2.27. The van der Waals surface area contributed by atoms with Crippen LogP contribution in [0, 0.1) is 12.3 Å². The smallest absolute Gasteiger partial charge is 0.0730 e. The molecule has 0 bridgehead atoms. The first-order valence-electron chi connectivity index (χ1n) is 5.44. The first-order valence-corrected chi connectivity index (χ1v) is 7.05. The summed E-state index contributed by atoms with van der Waals surface area (Å²) in [6.45, 7) is 9.69. The Morgan fingerprint density at radius 3 is 2.56 bits per heavy atom. The molecule has 0 fully saturated rings. The average Bonchev–Trinajstić information content (AvgIpc) is 2.44. The first kappa shape index (κ1) is 14.2. The number of aliphatic hydroxyl groups is 1. The number of aliphatic hydroxyl groups excluding tert-OH is 1. The first-order chi connectivity index (χ1) is 7.30. The molecule has 1 aromatic heterocycles. The van der Waals surface area contributed by atoms with Gasteiger partial charge in [-0.2, -0.15) is 0 Å². The van der Waals surface area contributed by atoms with Gasteiger partial charge in [0.05, 0.1) is 9.89 Å². The number of rotatable bonds is 4. The van der Waals surface area contributed by atoms with Crippen molar-refractivity contribution in [3.63, 3.8) is 0 Å². The van der Waals surface area contributed by atoms with Crippen molar-refractivity contribution in [2.45, 2.75) is 40.3 Å². The zero-order valence-corrected chi connectivity index (χ0v) is 12.7. The third kappa shape index (κ3) is 4.17. The number of thiophene rings is 1. The molecule has 1 unspecified atom stereocenters. The summed E-state index contributed by atoms with van der Waals surface area (Å²) in [5.41, 5.74) is 1.22. The lowest BCUT2D eigenvalue weighted by molar-refractivity contribution is 0.0628. The molecule has 0 radical (unpaired) electrons. The highest BCUT2D eigenvalue weighted by atomic mass is 79.9. The van der Waals surface area contributed by atoms with Crippen LogP contribution in [-0.4, -0.2) is 17.8 Å². The summed E-state index contributed by atoms with van der Waals surface area (Å²) in [5.74, 6) is 0. The maximum atomic E-state index is 9.86. The molecule has 0 amide bonds. The lowest BCUT2D eigenvalue weighted by atomic mass is 9.89. The second kappa shape index (κ2) is 5.63. The summed E-state index contributed by atoms with van der Waals surface area (Å²) in [7, 11) is 0. The van der Waals surface area contributed by atoms with Crippen molar-refractivity contribution in [3.8, 4) is 0 Å². The quantitative estimate of drug-likeness (QED) is 0.894. The minimum Gasteiger partial charge on any atom is -0.391 e. The molecule has 2 N–H and O–H groups in total. The molecular formula is C12H20BrNOS. The van der Waals surface area contributed by atoms with Crippen LogP contribution in [-0.2, 0) is 6.54 Å². The highest BCUT2D eigenvalue weighted by molar-refractivity contribution is 9.11. The van der Waals surface area contributed by atoms with Crippen molar-refractivity contribution in [2.24, 2.45) is 5.41 Å². The van der Waals surface area contributed by atoms with Gasteiger partial charge in [0.15, 0.2) is 0 Å². The Hall–Kier alpha value is 0.100. The summed E-state index contributed by atoms with van der Waals surface area (Å²) in [4.78, 5) is 1.30. The minimum absolute atomic E-state index is 0.0566. The summed E-state index contributed by atoms with van der Waals surface area (Å²) in [6, 6.07) is 2.17. The van der Waals surface area contributed by atoms with E-state index in [1.54, 1.807) is 11.3 Å². The van der Waals surface area contributed by atoms with Crippen LogP contribution < -0.4 is 5.32 Å². The van der Waals surface area contributed by atoms with E-state index in [1.807, 2.05) is 20.8 Å². The van der Waals surface area contributed by atoms with Gasteiger partial charge in [-0.05, 0) is 39.9 Å². The molecule has 0 aromatic carbocycles. The summed E-state index contributed by atoms with van der Waals surface area (Å²) in [5, 5.41) is 13.1. The van der Waals surface area contributed by atoms with Crippen molar-refractivity contribution in [3.05, 3.63) is 20.3 Å². The van der Waals surface area contributed by atoms with E-state index in [9.17, 15) is 5.11 Å². The number of hydrogen-bond donors (Lipinski definition) is 2. The fourth-order valence-corrected chi connectivity index (χ4v) is 2.85. The van der Waals surface area contributed by atoms with E-state index in [-0.39, 0.29) is 11.5 Å². The molecule has 92 valence electrons. The van der Waals surface area contributed by atoms with Crippen molar-refractivity contribution in [2.75, 3.05) is 6.54 Å². The Bertz CT molecular complexity index is 324. The van der Waals surface area contributed by atoms with Gasteiger partial charge in [-0.1, -0.05) is 20.8 Å². The second-order valence-electron chi connectivity index (χ2n) is 5.18. The number of nitrogens with one attached hydrogen (secondary N) is 1. The molecule has 1 heterocycles.